The third-order valence-electron chi connectivity index (χ3n) is 6.43. The van der Waals surface area contributed by atoms with Crippen molar-refractivity contribution in [1.82, 2.24) is 4.90 Å². The molecular weight excluding hydrogens is 310 g/mol. The minimum Gasteiger partial charge on any atom is -0.388 e. The zero-order valence-electron chi connectivity index (χ0n) is 15.8. The number of likely N-dealkylation sites (tertiary alicyclic amines) is 1. The lowest BCUT2D eigenvalue weighted by Crippen LogP contribution is -2.66. The number of methoxy groups -OCH3 is 3. The summed E-state index contributed by atoms with van der Waals surface area (Å²) in [5, 5.41) is 10.4. The van der Waals surface area contributed by atoms with Crippen molar-refractivity contribution in [3.63, 3.8) is 0 Å². The first-order chi connectivity index (χ1) is 11.3. The van der Waals surface area contributed by atoms with Crippen LogP contribution in [0.3, 0.4) is 0 Å². The van der Waals surface area contributed by atoms with Crippen molar-refractivity contribution in [3.05, 3.63) is 0 Å². The van der Waals surface area contributed by atoms with Gasteiger partial charge in [-0.25, -0.2) is 0 Å². The van der Waals surface area contributed by atoms with Gasteiger partial charge in [-0.2, -0.15) is 0 Å². The summed E-state index contributed by atoms with van der Waals surface area (Å²) in [5.74, 6) is 0.663. The maximum atomic E-state index is 10.4. The zero-order chi connectivity index (χ0) is 17.6. The fourth-order valence-corrected chi connectivity index (χ4v) is 5.27. The molecule has 0 aromatic heterocycles. The van der Waals surface area contributed by atoms with Crippen LogP contribution >= 0.6 is 0 Å². The topological polar surface area (TPSA) is 60.4 Å². The average Bonchev–Trinajstić information content (AvgIpc) is 3.00. The van der Waals surface area contributed by atoms with Gasteiger partial charge in [0, 0.05) is 39.2 Å². The van der Waals surface area contributed by atoms with Gasteiger partial charge in [0.25, 0.3) is 0 Å². The van der Waals surface area contributed by atoms with Crippen LogP contribution in [0, 0.1) is 11.8 Å². The molecule has 2 saturated heterocycles. The van der Waals surface area contributed by atoms with E-state index in [0.29, 0.717) is 5.92 Å². The van der Waals surface area contributed by atoms with Crippen molar-refractivity contribution < 1.29 is 24.1 Å². The van der Waals surface area contributed by atoms with Gasteiger partial charge in [0.15, 0.2) is 0 Å². The Kier molecular flexibility index (Phi) is 5.27. The van der Waals surface area contributed by atoms with Gasteiger partial charge in [-0.05, 0) is 40.2 Å². The monoisotopic (exact) mass is 343 g/mol. The lowest BCUT2D eigenvalue weighted by molar-refractivity contribution is -0.221. The lowest BCUT2D eigenvalue weighted by Gasteiger charge is -2.55. The predicted molar refractivity (Wildman–Crippen MR) is 89.7 cm³/mol. The van der Waals surface area contributed by atoms with Crippen LogP contribution in [0.1, 0.15) is 33.1 Å². The van der Waals surface area contributed by atoms with Crippen molar-refractivity contribution in [2.45, 2.75) is 75.4 Å². The summed E-state index contributed by atoms with van der Waals surface area (Å²) in [6.07, 6.45) is 2.86. The van der Waals surface area contributed by atoms with E-state index in [4.69, 9.17) is 18.9 Å². The average molecular weight is 343 g/mol. The normalized spacial score (nSPS) is 46.6. The van der Waals surface area contributed by atoms with Crippen LogP contribution in [0.4, 0.5) is 0 Å². The number of aliphatic hydroxyl groups is 1. The third kappa shape index (κ3) is 2.91. The van der Waals surface area contributed by atoms with Crippen molar-refractivity contribution >= 4 is 0 Å². The Morgan fingerprint density at radius 1 is 1.00 bits per heavy atom. The molecule has 8 unspecified atom stereocenters. The Bertz CT molecular complexity index is 440. The first-order valence-corrected chi connectivity index (χ1v) is 9.01. The van der Waals surface area contributed by atoms with Gasteiger partial charge in [-0.15, -0.1) is 0 Å². The molecular formula is C18H33NO5. The Balaban J connectivity index is 1.90. The highest BCUT2D eigenvalue weighted by Crippen LogP contribution is 2.48. The fourth-order valence-electron chi connectivity index (χ4n) is 5.27. The van der Waals surface area contributed by atoms with Crippen molar-refractivity contribution in [2.24, 2.45) is 11.8 Å². The maximum Gasteiger partial charge on any atom is 0.116 e. The number of rotatable bonds is 4. The second-order valence-electron chi connectivity index (χ2n) is 8.14. The second-order valence-corrected chi connectivity index (χ2v) is 8.14. The zero-order valence-corrected chi connectivity index (χ0v) is 15.8. The summed E-state index contributed by atoms with van der Waals surface area (Å²) in [5.41, 5.74) is -0.850. The number of likely N-dealkylation sites (N-methyl/N-ethyl adjacent to an activating group) is 1. The van der Waals surface area contributed by atoms with E-state index in [1.54, 1.807) is 21.3 Å². The van der Waals surface area contributed by atoms with Crippen LogP contribution in [-0.2, 0) is 18.9 Å². The van der Waals surface area contributed by atoms with Crippen LogP contribution in [0.2, 0.25) is 0 Å². The predicted octanol–water partition coefficient (Wildman–Crippen LogP) is 1.26. The molecule has 24 heavy (non-hydrogen) atoms. The molecule has 140 valence electrons. The van der Waals surface area contributed by atoms with E-state index in [1.807, 2.05) is 13.8 Å². The summed E-state index contributed by atoms with van der Waals surface area (Å²) in [6, 6.07) is 0.195. The second kappa shape index (κ2) is 6.82. The molecule has 3 fully saturated rings. The van der Waals surface area contributed by atoms with E-state index < -0.39 is 5.60 Å². The number of hydrogen-bond donors (Lipinski definition) is 1. The smallest absolute Gasteiger partial charge is 0.116 e. The number of nitrogens with zero attached hydrogens (tertiary/aromatic N) is 1. The Morgan fingerprint density at radius 3 is 2.21 bits per heavy atom. The summed E-state index contributed by atoms with van der Waals surface area (Å²) in [4.78, 5) is 2.30. The molecule has 6 heteroatoms. The Hall–Kier alpha value is -0.240. The highest BCUT2D eigenvalue weighted by molar-refractivity contribution is 5.07. The van der Waals surface area contributed by atoms with Crippen LogP contribution < -0.4 is 0 Å². The number of fused-ring (bicyclic) bond motifs is 2. The number of piperidine rings is 1. The van der Waals surface area contributed by atoms with Crippen LogP contribution in [0.5, 0.6) is 0 Å². The minimum absolute atomic E-state index is 0.00198. The van der Waals surface area contributed by atoms with E-state index in [-0.39, 0.29) is 42.6 Å². The Morgan fingerprint density at radius 2 is 1.67 bits per heavy atom. The number of ether oxygens (including phenoxy) is 4. The van der Waals surface area contributed by atoms with E-state index in [0.717, 1.165) is 19.3 Å². The molecule has 3 aliphatic rings. The Labute approximate surface area is 145 Å². The summed E-state index contributed by atoms with van der Waals surface area (Å²) >= 11 is 0. The van der Waals surface area contributed by atoms with Gasteiger partial charge in [0.2, 0.25) is 0 Å². The molecule has 0 amide bonds. The first-order valence-electron chi connectivity index (χ1n) is 9.01. The molecule has 0 bridgehead atoms. The van der Waals surface area contributed by atoms with Crippen LogP contribution in [-0.4, -0.2) is 80.7 Å². The third-order valence-corrected chi connectivity index (χ3v) is 6.43. The summed E-state index contributed by atoms with van der Waals surface area (Å²) < 4.78 is 23.8. The minimum atomic E-state index is -0.850. The van der Waals surface area contributed by atoms with Gasteiger partial charge < -0.3 is 24.1 Å². The van der Waals surface area contributed by atoms with Gasteiger partial charge in [0.1, 0.15) is 6.23 Å². The van der Waals surface area contributed by atoms with E-state index in [1.165, 1.54) is 0 Å². The largest absolute Gasteiger partial charge is 0.388 e. The van der Waals surface area contributed by atoms with Gasteiger partial charge in [-0.3, -0.25) is 4.90 Å². The molecule has 0 radical (unpaired) electrons. The molecule has 3 rings (SSSR count). The standard InChI is InChI=1S/C18H33NO5/c1-18(2,20)13-9-11-15(22-5)10-7-8-12(21-4)16(23-6)14(10)19(3)17(11)24-13/h10-17,20H,7-9H2,1-6H3. The SMILES string of the molecule is COC1CCC2C(OC)C3CC(C(C)(C)O)OC3N(C)C2C1OC. The highest BCUT2D eigenvalue weighted by atomic mass is 16.5. The first kappa shape index (κ1) is 18.5. The van der Waals surface area contributed by atoms with Crippen molar-refractivity contribution in [3.8, 4) is 0 Å². The van der Waals surface area contributed by atoms with E-state index in [2.05, 4.69) is 11.9 Å². The quantitative estimate of drug-likeness (QED) is 0.829. The molecule has 1 aliphatic carbocycles. The molecule has 0 aromatic rings. The fraction of sp³-hybridized carbons (Fsp3) is 1.00. The molecule has 1 saturated carbocycles. The van der Waals surface area contributed by atoms with Crippen LogP contribution in [0.15, 0.2) is 0 Å². The molecule has 0 spiro atoms. The lowest BCUT2D eigenvalue weighted by atomic mass is 9.69. The highest BCUT2D eigenvalue weighted by Gasteiger charge is 2.58. The maximum absolute atomic E-state index is 10.4. The molecule has 2 heterocycles. The molecule has 6 nitrogen and oxygen atoms in total. The molecule has 8 atom stereocenters. The van der Waals surface area contributed by atoms with E-state index >= 15 is 0 Å². The van der Waals surface area contributed by atoms with Gasteiger partial charge >= 0.3 is 0 Å². The molecule has 0 aromatic carbocycles. The van der Waals surface area contributed by atoms with Crippen molar-refractivity contribution in [2.75, 3.05) is 28.4 Å². The summed E-state index contributed by atoms with van der Waals surface area (Å²) in [6.45, 7) is 3.64. The molecule has 2 aliphatic heterocycles. The van der Waals surface area contributed by atoms with Crippen LogP contribution in [0.25, 0.3) is 0 Å². The molecule has 1 N–H and O–H groups in total. The van der Waals surface area contributed by atoms with Gasteiger partial charge in [0.05, 0.1) is 30.0 Å². The summed E-state index contributed by atoms with van der Waals surface area (Å²) in [7, 11) is 7.42. The van der Waals surface area contributed by atoms with E-state index in [9.17, 15) is 5.11 Å². The van der Waals surface area contributed by atoms with Crippen molar-refractivity contribution in [1.29, 1.82) is 0 Å². The van der Waals surface area contributed by atoms with Gasteiger partial charge in [-0.1, -0.05) is 0 Å². The number of hydrogen-bond acceptors (Lipinski definition) is 6.